The highest BCUT2D eigenvalue weighted by molar-refractivity contribution is 5.78. The van der Waals surface area contributed by atoms with Crippen LogP contribution in [0.1, 0.15) is 11.6 Å². The van der Waals surface area contributed by atoms with Gasteiger partial charge in [-0.15, -0.1) is 0 Å². The number of benzene rings is 1. The van der Waals surface area contributed by atoms with Crippen molar-refractivity contribution in [1.29, 1.82) is 0 Å². The largest absolute Gasteiger partial charge is 0.363 e. The van der Waals surface area contributed by atoms with Crippen LogP contribution in [0.25, 0.3) is 23.2 Å². The maximum atomic E-state index is 4.48. The zero-order valence-corrected chi connectivity index (χ0v) is 10.9. The van der Waals surface area contributed by atoms with Crippen LogP contribution >= 0.6 is 0 Å². The van der Waals surface area contributed by atoms with Crippen molar-refractivity contribution in [1.82, 2.24) is 19.9 Å². The van der Waals surface area contributed by atoms with E-state index in [0.717, 1.165) is 28.5 Å². The molecule has 0 aliphatic rings. The molecular weight excluding hydrogens is 238 g/mol. The number of H-pyrrole nitrogens is 2. The van der Waals surface area contributed by atoms with Crippen molar-refractivity contribution in [2.45, 2.75) is 0 Å². The number of imidazole rings is 2. The summed E-state index contributed by atoms with van der Waals surface area (Å²) in [6.45, 7) is 0. The number of anilines is 1. The second kappa shape index (κ2) is 4.61. The number of aromatic nitrogens is 4. The fraction of sp³-hybridized carbons (Fsp3) is 0.143. The molecule has 0 saturated heterocycles. The highest BCUT2D eigenvalue weighted by Gasteiger charge is 2.00. The zero-order valence-electron chi connectivity index (χ0n) is 10.9. The van der Waals surface area contributed by atoms with Crippen LogP contribution in [0.5, 0.6) is 0 Å². The van der Waals surface area contributed by atoms with Gasteiger partial charge in [0.1, 0.15) is 17.5 Å². The molecule has 0 radical (unpaired) electrons. The Morgan fingerprint density at radius 1 is 1.05 bits per heavy atom. The van der Waals surface area contributed by atoms with E-state index in [-0.39, 0.29) is 0 Å². The van der Waals surface area contributed by atoms with Crippen LogP contribution in [0, 0.1) is 0 Å². The van der Waals surface area contributed by atoms with E-state index >= 15 is 0 Å². The third kappa shape index (κ3) is 2.35. The molecule has 5 heteroatoms. The fourth-order valence-corrected chi connectivity index (χ4v) is 1.85. The van der Waals surface area contributed by atoms with E-state index in [2.05, 4.69) is 19.9 Å². The lowest BCUT2D eigenvalue weighted by Gasteiger charge is -2.06. The summed E-state index contributed by atoms with van der Waals surface area (Å²) in [5.41, 5.74) is 2.01. The summed E-state index contributed by atoms with van der Waals surface area (Å²) in [6, 6.07) is 7.97. The number of hydrogen-bond donors (Lipinski definition) is 2. The third-order valence-corrected chi connectivity index (χ3v) is 2.87. The number of fused-ring (bicyclic) bond motifs is 1. The molecule has 0 aliphatic heterocycles. The lowest BCUT2D eigenvalue weighted by molar-refractivity contribution is 1.08. The Hall–Kier alpha value is -2.56. The van der Waals surface area contributed by atoms with Gasteiger partial charge in [0, 0.05) is 14.1 Å². The van der Waals surface area contributed by atoms with Crippen LogP contribution in [0.15, 0.2) is 30.5 Å². The molecule has 0 spiro atoms. The minimum Gasteiger partial charge on any atom is -0.363 e. The highest BCUT2D eigenvalue weighted by atomic mass is 15.2. The molecule has 2 N–H and O–H groups in total. The predicted molar refractivity (Wildman–Crippen MR) is 77.9 cm³/mol. The summed E-state index contributed by atoms with van der Waals surface area (Å²) < 4.78 is 0. The lowest BCUT2D eigenvalue weighted by Crippen LogP contribution is -2.08. The van der Waals surface area contributed by atoms with E-state index in [1.807, 2.05) is 55.4 Å². The van der Waals surface area contributed by atoms with Crippen LogP contribution in [-0.4, -0.2) is 34.0 Å². The van der Waals surface area contributed by atoms with Gasteiger partial charge < -0.3 is 14.9 Å². The summed E-state index contributed by atoms with van der Waals surface area (Å²) >= 11 is 0. The Morgan fingerprint density at radius 2 is 1.84 bits per heavy atom. The summed E-state index contributed by atoms with van der Waals surface area (Å²) in [5.74, 6) is 2.61. The molecule has 5 nitrogen and oxygen atoms in total. The Balaban J connectivity index is 1.84. The Morgan fingerprint density at radius 3 is 2.58 bits per heavy atom. The van der Waals surface area contributed by atoms with Crippen molar-refractivity contribution in [2.75, 3.05) is 19.0 Å². The molecule has 2 aromatic heterocycles. The third-order valence-electron chi connectivity index (χ3n) is 2.87. The number of hydrogen-bond acceptors (Lipinski definition) is 3. The molecule has 1 aromatic carbocycles. The Kier molecular flexibility index (Phi) is 2.79. The number of rotatable bonds is 3. The molecule has 19 heavy (non-hydrogen) atoms. The van der Waals surface area contributed by atoms with Crippen LogP contribution in [0.4, 0.5) is 5.82 Å². The van der Waals surface area contributed by atoms with Gasteiger partial charge in [-0.25, -0.2) is 9.97 Å². The van der Waals surface area contributed by atoms with Crippen molar-refractivity contribution in [2.24, 2.45) is 0 Å². The second-order valence-corrected chi connectivity index (χ2v) is 4.52. The van der Waals surface area contributed by atoms with Gasteiger partial charge in [-0.1, -0.05) is 12.1 Å². The predicted octanol–water partition coefficient (Wildman–Crippen LogP) is 2.52. The minimum absolute atomic E-state index is 0.809. The molecule has 0 amide bonds. The molecule has 0 aliphatic carbocycles. The first-order chi connectivity index (χ1) is 9.22. The van der Waals surface area contributed by atoms with E-state index in [9.17, 15) is 0 Å². The Labute approximate surface area is 111 Å². The van der Waals surface area contributed by atoms with Gasteiger partial charge >= 0.3 is 0 Å². The molecule has 96 valence electrons. The topological polar surface area (TPSA) is 60.6 Å². The van der Waals surface area contributed by atoms with Gasteiger partial charge in [-0.2, -0.15) is 0 Å². The molecule has 0 unspecified atom stereocenters. The first kappa shape index (κ1) is 11.5. The molecular formula is C14H15N5. The second-order valence-electron chi connectivity index (χ2n) is 4.52. The van der Waals surface area contributed by atoms with Crippen molar-refractivity contribution < 1.29 is 0 Å². The van der Waals surface area contributed by atoms with Gasteiger partial charge in [0.2, 0.25) is 0 Å². The molecule has 0 saturated carbocycles. The highest BCUT2D eigenvalue weighted by Crippen LogP contribution is 2.13. The number of aromatic amines is 2. The maximum Gasteiger partial charge on any atom is 0.131 e. The summed E-state index contributed by atoms with van der Waals surface area (Å²) in [7, 11) is 3.94. The quantitative estimate of drug-likeness (QED) is 0.754. The van der Waals surface area contributed by atoms with Crippen LogP contribution in [0.3, 0.4) is 0 Å². The van der Waals surface area contributed by atoms with E-state index in [4.69, 9.17) is 0 Å². The summed E-state index contributed by atoms with van der Waals surface area (Å²) in [4.78, 5) is 17.2. The molecule has 3 rings (SSSR count). The van der Waals surface area contributed by atoms with E-state index < -0.39 is 0 Å². The maximum absolute atomic E-state index is 4.48. The summed E-state index contributed by atoms with van der Waals surface area (Å²) in [6.07, 6.45) is 5.63. The lowest BCUT2D eigenvalue weighted by atomic mass is 10.3. The van der Waals surface area contributed by atoms with Gasteiger partial charge in [0.25, 0.3) is 0 Å². The monoisotopic (exact) mass is 253 g/mol. The minimum atomic E-state index is 0.809. The number of nitrogens with one attached hydrogen (secondary N) is 2. The SMILES string of the molecule is CN(C)c1cnc(C=Cc2nc3ccccc3[nH]2)[nH]1. The van der Waals surface area contributed by atoms with E-state index in [1.165, 1.54) is 0 Å². The summed E-state index contributed by atoms with van der Waals surface area (Å²) in [5, 5.41) is 0. The van der Waals surface area contributed by atoms with Gasteiger partial charge in [0.05, 0.1) is 17.2 Å². The Bertz CT molecular complexity index is 687. The van der Waals surface area contributed by atoms with Gasteiger partial charge in [-0.3, -0.25) is 0 Å². The normalized spacial score (nSPS) is 11.5. The van der Waals surface area contributed by atoms with E-state index in [0.29, 0.717) is 0 Å². The van der Waals surface area contributed by atoms with Crippen molar-refractivity contribution in [3.63, 3.8) is 0 Å². The van der Waals surface area contributed by atoms with Crippen molar-refractivity contribution >= 4 is 29.0 Å². The van der Waals surface area contributed by atoms with Crippen LogP contribution in [0.2, 0.25) is 0 Å². The van der Waals surface area contributed by atoms with E-state index in [1.54, 1.807) is 6.20 Å². The number of para-hydroxylation sites is 2. The average Bonchev–Trinajstić information content (AvgIpc) is 3.02. The molecule has 2 heterocycles. The zero-order chi connectivity index (χ0) is 13.2. The molecule has 3 aromatic rings. The van der Waals surface area contributed by atoms with Crippen molar-refractivity contribution in [3.05, 3.63) is 42.1 Å². The fourth-order valence-electron chi connectivity index (χ4n) is 1.85. The first-order valence-electron chi connectivity index (χ1n) is 6.07. The molecule has 0 fully saturated rings. The molecule has 0 bridgehead atoms. The van der Waals surface area contributed by atoms with Crippen molar-refractivity contribution in [3.8, 4) is 0 Å². The first-order valence-corrected chi connectivity index (χ1v) is 6.07. The van der Waals surface area contributed by atoms with Crippen LogP contribution < -0.4 is 4.90 Å². The smallest absolute Gasteiger partial charge is 0.131 e. The molecule has 0 atom stereocenters. The van der Waals surface area contributed by atoms with Crippen LogP contribution in [-0.2, 0) is 0 Å². The average molecular weight is 253 g/mol. The number of nitrogens with zero attached hydrogens (tertiary/aromatic N) is 3. The standard InChI is InChI=1S/C14H15N5/c1-19(2)14-9-15-12(18-14)7-8-13-16-10-5-3-4-6-11(10)17-13/h3-9H,1-2H3,(H,15,18)(H,16,17). The van der Waals surface area contributed by atoms with Gasteiger partial charge in [-0.05, 0) is 24.3 Å². The van der Waals surface area contributed by atoms with Gasteiger partial charge in [0.15, 0.2) is 0 Å².